The Morgan fingerprint density at radius 1 is 1.50 bits per heavy atom. The van der Waals surface area contributed by atoms with Crippen LogP contribution in [-0.2, 0) is 9.59 Å². The molecule has 0 unspecified atom stereocenters. The average molecular weight is 226 g/mol. The second-order valence-corrected chi connectivity index (χ2v) is 2.96. The number of anilines is 2. The molecule has 0 bridgehead atoms. The number of hydrogen-bond donors (Lipinski definition) is 4. The number of carbonyl (C=O) groups excluding carboxylic acids is 1. The summed E-state index contributed by atoms with van der Waals surface area (Å²) in [5.41, 5.74) is 4.75. The van der Waals surface area contributed by atoms with Gasteiger partial charge in [0.1, 0.15) is 5.82 Å². The van der Waals surface area contributed by atoms with Crippen molar-refractivity contribution in [2.45, 2.75) is 12.8 Å². The number of nitrogens with zero attached hydrogens (tertiary/aromatic N) is 1. The van der Waals surface area contributed by atoms with Crippen LogP contribution < -0.4 is 16.6 Å². The summed E-state index contributed by atoms with van der Waals surface area (Å²) in [6, 6.07) is 1.05. The van der Waals surface area contributed by atoms with Crippen LogP contribution in [0.3, 0.4) is 0 Å². The van der Waals surface area contributed by atoms with Gasteiger partial charge in [-0.15, -0.1) is 0 Å². The maximum absolute atomic E-state index is 11.2. The second kappa shape index (κ2) is 4.91. The first-order chi connectivity index (χ1) is 7.47. The number of aromatic amines is 1. The van der Waals surface area contributed by atoms with Gasteiger partial charge in [0, 0.05) is 12.5 Å². The van der Waals surface area contributed by atoms with Gasteiger partial charge >= 0.3 is 5.97 Å². The Kier molecular flexibility index (Phi) is 3.59. The number of amides is 1. The number of aliphatic carboxylic acids is 1. The molecule has 1 aromatic rings. The molecule has 0 radical (unpaired) electrons. The first-order valence-corrected chi connectivity index (χ1v) is 4.36. The molecular formula is C8H10N4O4. The van der Waals surface area contributed by atoms with Gasteiger partial charge in [-0.2, -0.15) is 4.98 Å². The Hall–Kier alpha value is -2.38. The Labute approximate surface area is 89.5 Å². The van der Waals surface area contributed by atoms with Crippen molar-refractivity contribution in [1.82, 2.24) is 9.97 Å². The molecule has 0 spiro atoms. The lowest BCUT2D eigenvalue weighted by molar-refractivity contribution is -0.138. The van der Waals surface area contributed by atoms with Crippen LogP contribution in [0.1, 0.15) is 12.8 Å². The quantitative estimate of drug-likeness (QED) is 0.527. The fourth-order valence-corrected chi connectivity index (χ4v) is 0.966. The summed E-state index contributed by atoms with van der Waals surface area (Å²) in [5.74, 6) is -1.74. The molecule has 8 nitrogen and oxygen atoms in total. The molecule has 0 saturated heterocycles. The van der Waals surface area contributed by atoms with Gasteiger partial charge < -0.3 is 16.2 Å². The molecule has 0 saturated carbocycles. The lowest BCUT2D eigenvalue weighted by Gasteiger charge is -2.02. The zero-order valence-corrected chi connectivity index (χ0v) is 8.19. The molecule has 0 atom stereocenters. The van der Waals surface area contributed by atoms with Crippen LogP contribution in [-0.4, -0.2) is 27.0 Å². The van der Waals surface area contributed by atoms with Crippen LogP contribution in [0.4, 0.5) is 11.8 Å². The number of rotatable bonds is 4. The number of carboxylic acid groups (broad SMARTS) is 1. The van der Waals surface area contributed by atoms with Gasteiger partial charge in [0.05, 0.1) is 6.42 Å². The molecule has 16 heavy (non-hydrogen) atoms. The van der Waals surface area contributed by atoms with E-state index >= 15 is 0 Å². The van der Waals surface area contributed by atoms with E-state index in [9.17, 15) is 14.4 Å². The van der Waals surface area contributed by atoms with Gasteiger partial charge in [0.25, 0.3) is 5.56 Å². The Balaban J connectivity index is 2.62. The minimum atomic E-state index is -1.08. The molecule has 0 aliphatic rings. The van der Waals surface area contributed by atoms with Gasteiger partial charge in [-0.05, 0) is 0 Å². The van der Waals surface area contributed by atoms with Crippen LogP contribution in [0.15, 0.2) is 10.9 Å². The number of carbonyl (C=O) groups is 2. The molecule has 1 rings (SSSR count). The lowest BCUT2D eigenvalue weighted by Crippen LogP contribution is -2.18. The monoisotopic (exact) mass is 226 g/mol. The molecule has 0 aromatic carbocycles. The Morgan fingerprint density at radius 3 is 2.75 bits per heavy atom. The third kappa shape index (κ3) is 3.78. The van der Waals surface area contributed by atoms with Gasteiger partial charge in [-0.3, -0.25) is 19.4 Å². The van der Waals surface area contributed by atoms with E-state index in [1.165, 1.54) is 0 Å². The van der Waals surface area contributed by atoms with E-state index in [0.29, 0.717) is 0 Å². The van der Waals surface area contributed by atoms with Gasteiger partial charge in [0.15, 0.2) is 0 Å². The summed E-state index contributed by atoms with van der Waals surface area (Å²) in [7, 11) is 0. The number of hydrogen-bond acceptors (Lipinski definition) is 5. The molecule has 0 aliphatic carbocycles. The number of H-pyrrole nitrogens is 1. The van der Waals surface area contributed by atoms with E-state index in [2.05, 4.69) is 15.3 Å². The van der Waals surface area contributed by atoms with Crippen LogP contribution in [0.25, 0.3) is 0 Å². The van der Waals surface area contributed by atoms with Gasteiger partial charge in [-0.1, -0.05) is 0 Å². The molecule has 0 aliphatic heterocycles. The van der Waals surface area contributed by atoms with E-state index in [4.69, 9.17) is 10.8 Å². The molecule has 1 heterocycles. The van der Waals surface area contributed by atoms with Crippen LogP contribution in [0.2, 0.25) is 0 Å². The Bertz CT molecular complexity index is 467. The second-order valence-electron chi connectivity index (χ2n) is 2.96. The molecule has 1 amide bonds. The molecule has 86 valence electrons. The summed E-state index contributed by atoms with van der Waals surface area (Å²) in [4.78, 5) is 38.1. The molecule has 5 N–H and O–H groups in total. The van der Waals surface area contributed by atoms with E-state index in [1.807, 2.05) is 0 Å². The van der Waals surface area contributed by atoms with Crippen molar-refractivity contribution in [3.8, 4) is 0 Å². The van der Waals surface area contributed by atoms with Crippen molar-refractivity contribution >= 4 is 23.6 Å². The Morgan fingerprint density at radius 2 is 2.19 bits per heavy atom. The smallest absolute Gasteiger partial charge is 0.303 e. The maximum atomic E-state index is 11.2. The fourth-order valence-electron chi connectivity index (χ4n) is 0.966. The zero-order valence-electron chi connectivity index (χ0n) is 8.19. The summed E-state index contributed by atoms with van der Waals surface area (Å²) >= 11 is 0. The summed E-state index contributed by atoms with van der Waals surface area (Å²) < 4.78 is 0. The van der Waals surface area contributed by atoms with E-state index < -0.39 is 17.4 Å². The molecule has 8 heteroatoms. The number of nitrogens with two attached hydrogens (primary N) is 1. The first-order valence-electron chi connectivity index (χ1n) is 4.36. The van der Waals surface area contributed by atoms with Crippen molar-refractivity contribution in [2.75, 3.05) is 11.1 Å². The van der Waals surface area contributed by atoms with Crippen molar-refractivity contribution in [3.05, 3.63) is 16.4 Å². The van der Waals surface area contributed by atoms with Crippen molar-refractivity contribution in [3.63, 3.8) is 0 Å². The van der Waals surface area contributed by atoms with Crippen LogP contribution >= 0.6 is 0 Å². The van der Waals surface area contributed by atoms with Gasteiger partial charge in [0.2, 0.25) is 11.9 Å². The summed E-state index contributed by atoms with van der Waals surface area (Å²) in [6.45, 7) is 0. The molecule has 1 aromatic heterocycles. The minimum Gasteiger partial charge on any atom is -0.481 e. The normalized spacial score (nSPS) is 9.75. The third-order valence-corrected chi connectivity index (χ3v) is 1.59. The van der Waals surface area contributed by atoms with Crippen molar-refractivity contribution in [1.29, 1.82) is 0 Å². The predicted molar refractivity (Wildman–Crippen MR) is 54.8 cm³/mol. The summed E-state index contributed by atoms with van der Waals surface area (Å²) in [5, 5.41) is 10.6. The van der Waals surface area contributed by atoms with Crippen LogP contribution in [0, 0.1) is 0 Å². The number of aromatic nitrogens is 2. The highest BCUT2D eigenvalue weighted by Gasteiger charge is 2.07. The van der Waals surface area contributed by atoms with Gasteiger partial charge in [-0.25, -0.2) is 0 Å². The minimum absolute atomic E-state index is 0.00311. The SMILES string of the molecule is Nc1nc(NC(=O)CCC(=O)O)cc(=O)[nH]1. The standard InChI is InChI=1S/C8H10N4O4/c9-8-11-4(3-6(14)12-8)10-5(13)1-2-7(15)16/h3H,1-2H2,(H,15,16)(H4,9,10,11,12,13,14). The highest BCUT2D eigenvalue weighted by molar-refractivity contribution is 5.91. The molecular weight excluding hydrogens is 216 g/mol. The highest BCUT2D eigenvalue weighted by atomic mass is 16.4. The maximum Gasteiger partial charge on any atom is 0.303 e. The number of carboxylic acids is 1. The van der Waals surface area contributed by atoms with E-state index in [-0.39, 0.29) is 24.6 Å². The average Bonchev–Trinajstić information content (AvgIpc) is 2.12. The van der Waals surface area contributed by atoms with E-state index in [1.54, 1.807) is 0 Å². The predicted octanol–water partition coefficient (Wildman–Crippen LogP) is -0.845. The zero-order chi connectivity index (χ0) is 12.1. The van der Waals surface area contributed by atoms with E-state index in [0.717, 1.165) is 6.07 Å². The van der Waals surface area contributed by atoms with Crippen molar-refractivity contribution < 1.29 is 14.7 Å². The number of nitrogens with one attached hydrogen (secondary N) is 2. The first kappa shape index (κ1) is 11.7. The number of nitrogen functional groups attached to an aromatic ring is 1. The fraction of sp³-hybridized carbons (Fsp3) is 0.250. The largest absolute Gasteiger partial charge is 0.481 e. The third-order valence-electron chi connectivity index (χ3n) is 1.59. The lowest BCUT2D eigenvalue weighted by atomic mass is 10.3. The van der Waals surface area contributed by atoms with Crippen molar-refractivity contribution in [2.24, 2.45) is 0 Å². The topological polar surface area (TPSA) is 138 Å². The highest BCUT2D eigenvalue weighted by Crippen LogP contribution is 2.01. The molecule has 0 fully saturated rings. The summed E-state index contributed by atoms with van der Waals surface area (Å²) in [6.07, 6.45) is -0.478. The van der Waals surface area contributed by atoms with Crippen LogP contribution in [0.5, 0.6) is 0 Å².